The van der Waals surface area contributed by atoms with E-state index in [1.165, 1.54) is 11.1 Å². The molecular formula is C17H14N4. The van der Waals surface area contributed by atoms with Gasteiger partial charge >= 0.3 is 0 Å². The number of hydrogen-bond donors (Lipinski definition) is 0. The fraction of sp³-hybridized carbons (Fsp3) is 0.294. The maximum absolute atomic E-state index is 9.32. The van der Waals surface area contributed by atoms with E-state index in [-0.39, 0.29) is 11.6 Å². The van der Waals surface area contributed by atoms with Gasteiger partial charge in [-0.25, -0.2) is 0 Å². The third-order valence-electron chi connectivity index (χ3n) is 5.23. The Hall–Kier alpha value is -2.72. The van der Waals surface area contributed by atoms with Crippen LogP contribution in [-0.4, -0.2) is 18.1 Å². The Kier molecular flexibility index (Phi) is 2.00. The number of hydrogen-bond acceptors (Lipinski definition) is 4. The van der Waals surface area contributed by atoms with E-state index >= 15 is 0 Å². The maximum atomic E-state index is 9.32. The molecule has 2 unspecified atom stereocenters. The number of rotatable bonds is 0. The van der Waals surface area contributed by atoms with Crippen molar-refractivity contribution < 1.29 is 0 Å². The lowest BCUT2D eigenvalue weighted by atomic mass is 9.90. The first-order chi connectivity index (χ1) is 10.0. The van der Waals surface area contributed by atoms with Gasteiger partial charge in [0.25, 0.3) is 0 Å². The fourth-order valence-electron chi connectivity index (χ4n) is 4.05. The molecule has 1 saturated carbocycles. The van der Waals surface area contributed by atoms with Gasteiger partial charge in [0.15, 0.2) is 0 Å². The SMILES string of the molecule is C=C1C2c3ccc(C#N)cc3N3C=C(C#N)N(C)C3[C@]12C. The van der Waals surface area contributed by atoms with Gasteiger partial charge in [0.05, 0.1) is 11.6 Å². The van der Waals surface area contributed by atoms with Gasteiger partial charge in [-0.1, -0.05) is 25.1 Å². The van der Waals surface area contributed by atoms with Crippen LogP contribution in [0, 0.1) is 28.1 Å². The van der Waals surface area contributed by atoms with E-state index in [4.69, 9.17) is 5.26 Å². The summed E-state index contributed by atoms with van der Waals surface area (Å²) in [5, 5.41) is 18.5. The summed E-state index contributed by atoms with van der Waals surface area (Å²) in [5.74, 6) is 0.315. The first-order valence-electron chi connectivity index (χ1n) is 6.90. The molecule has 0 amide bonds. The summed E-state index contributed by atoms with van der Waals surface area (Å²) >= 11 is 0. The van der Waals surface area contributed by atoms with Crippen molar-refractivity contribution >= 4 is 5.69 Å². The van der Waals surface area contributed by atoms with Gasteiger partial charge in [-0.2, -0.15) is 10.5 Å². The van der Waals surface area contributed by atoms with Crippen LogP contribution in [0.4, 0.5) is 5.69 Å². The predicted molar refractivity (Wildman–Crippen MR) is 78.9 cm³/mol. The number of nitriles is 2. The molecule has 102 valence electrons. The minimum Gasteiger partial charge on any atom is -0.343 e. The molecule has 4 heteroatoms. The van der Waals surface area contributed by atoms with E-state index in [2.05, 4.69) is 30.5 Å². The van der Waals surface area contributed by atoms with Gasteiger partial charge in [-0.15, -0.1) is 0 Å². The second kappa shape index (κ2) is 3.48. The second-order valence-electron chi connectivity index (χ2n) is 6.14. The molecule has 0 aromatic heterocycles. The summed E-state index contributed by atoms with van der Waals surface area (Å²) in [6, 6.07) is 10.3. The van der Waals surface area contributed by atoms with E-state index in [1.54, 1.807) is 0 Å². The Morgan fingerprint density at radius 2 is 2.05 bits per heavy atom. The minimum atomic E-state index is -0.0367. The highest BCUT2D eigenvalue weighted by Crippen LogP contribution is 2.71. The van der Waals surface area contributed by atoms with Crippen LogP contribution in [0.3, 0.4) is 0 Å². The van der Waals surface area contributed by atoms with E-state index in [0.29, 0.717) is 17.2 Å². The number of anilines is 1. The van der Waals surface area contributed by atoms with Crippen molar-refractivity contribution in [2.24, 2.45) is 5.41 Å². The van der Waals surface area contributed by atoms with Crippen LogP contribution in [0.1, 0.15) is 24.0 Å². The minimum absolute atomic E-state index is 0.0367. The summed E-state index contributed by atoms with van der Waals surface area (Å²) in [7, 11) is 1.95. The molecule has 21 heavy (non-hydrogen) atoms. The Morgan fingerprint density at radius 1 is 1.29 bits per heavy atom. The quantitative estimate of drug-likeness (QED) is 0.682. The average Bonchev–Trinajstić information content (AvgIpc) is 2.88. The Balaban J connectivity index is 1.97. The van der Waals surface area contributed by atoms with Crippen LogP contribution in [0.25, 0.3) is 0 Å². The Labute approximate surface area is 123 Å². The normalized spacial score (nSPS) is 31.6. The molecule has 3 aliphatic rings. The summed E-state index contributed by atoms with van der Waals surface area (Å²) in [5.41, 5.74) is 4.70. The van der Waals surface area contributed by atoms with E-state index < -0.39 is 0 Å². The van der Waals surface area contributed by atoms with Crippen molar-refractivity contribution in [1.82, 2.24) is 4.90 Å². The van der Waals surface area contributed by atoms with Crippen molar-refractivity contribution in [3.8, 4) is 12.1 Å². The molecular weight excluding hydrogens is 260 g/mol. The number of allylic oxidation sites excluding steroid dienone is 1. The second-order valence-corrected chi connectivity index (χ2v) is 6.14. The number of nitrogens with zero attached hydrogens (tertiary/aromatic N) is 4. The smallest absolute Gasteiger partial charge is 0.134 e. The molecule has 4 nitrogen and oxygen atoms in total. The Bertz CT molecular complexity index is 807. The highest BCUT2D eigenvalue weighted by molar-refractivity contribution is 5.73. The zero-order valence-electron chi connectivity index (χ0n) is 12.0. The summed E-state index contributed by atoms with van der Waals surface area (Å²) in [4.78, 5) is 4.15. The molecule has 1 fully saturated rings. The molecule has 2 heterocycles. The van der Waals surface area contributed by atoms with Gasteiger partial charge in [0.1, 0.15) is 17.9 Å². The van der Waals surface area contributed by atoms with Crippen LogP contribution >= 0.6 is 0 Å². The third-order valence-corrected chi connectivity index (χ3v) is 5.23. The Morgan fingerprint density at radius 3 is 2.71 bits per heavy atom. The predicted octanol–water partition coefficient (Wildman–Crippen LogP) is 2.67. The third kappa shape index (κ3) is 1.19. The fourth-order valence-corrected chi connectivity index (χ4v) is 4.05. The van der Waals surface area contributed by atoms with E-state index in [1.807, 2.05) is 36.3 Å². The van der Waals surface area contributed by atoms with Crippen LogP contribution in [0.5, 0.6) is 0 Å². The van der Waals surface area contributed by atoms with E-state index in [0.717, 1.165) is 5.69 Å². The number of fused-ring (bicyclic) bond motifs is 6. The maximum Gasteiger partial charge on any atom is 0.134 e. The lowest BCUT2D eigenvalue weighted by Gasteiger charge is -2.40. The first-order valence-corrected chi connectivity index (χ1v) is 6.90. The van der Waals surface area contributed by atoms with Gasteiger partial charge < -0.3 is 9.80 Å². The topological polar surface area (TPSA) is 54.1 Å². The van der Waals surface area contributed by atoms with Gasteiger partial charge in [0, 0.05) is 30.3 Å². The highest BCUT2D eigenvalue weighted by Gasteiger charge is 2.67. The first kappa shape index (κ1) is 12.1. The summed E-state index contributed by atoms with van der Waals surface area (Å²) in [6.45, 7) is 6.46. The van der Waals surface area contributed by atoms with Crippen LogP contribution in [0.2, 0.25) is 0 Å². The van der Waals surface area contributed by atoms with Crippen molar-refractivity contribution in [2.45, 2.75) is 19.0 Å². The van der Waals surface area contributed by atoms with Crippen molar-refractivity contribution in [3.63, 3.8) is 0 Å². The van der Waals surface area contributed by atoms with Gasteiger partial charge in [0.2, 0.25) is 0 Å². The molecule has 1 aromatic carbocycles. The van der Waals surface area contributed by atoms with Gasteiger partial charge in [-0.05, 0) is 17.7 Å². The van der Waals surface area contributed by atoms with Crippen LogP contribution < -0.4 is 4.90 Å². The van der Waals surface area contributed by atoms with Gasteiger partial charge in [-0.3, -0.25) is 0 Å². The molecule has 1 aliphatic carbocycles. The zero-order valence-corrected chi connectivity index (χ0v) is 12.0. The molecule has 0 radical (unpaired) electrons. The lowest BCUT2D eigenvalue weighted by Crippen LogP contribution is -2.46. The molecule has 3 atom stereocenters. The molecule has 0 N–H and O–H groups in total. The highest BCUT2D eigenvalue weighted by atomic mass is 15.4. The summed E-state index contributed by atoms with van der Waals surface area (Å²) in [6.07, 6.45) is 1.96. The van der Waals surface area contributed by atoms with Crippen molar-refractivity contribution in [3.05, 3.63) is 53.4 Å². The molecule has 0 saturated heterocycles. The summed E-state index contributed by atoms with van der Waals surface area (Å²) < 4.78 is 0. The molecule has 4 rings (SSSR count). The van der Waals surface area contributed by atoms with Crippen LogP contribution in [-0.2, 0) is 0 Å². The lowest BCUT2D eigenvalue weighted by molar-refractivity contribution is 0.239. The standard InChI is InChI=1S/C17H14N4/c1-10-15-13-5-4-11(7-18)6-14(13)21-9-12(8-19)20(3)16(21)17(10,15)2/h4-6,9,15-16H,1H2,2-3H3/t15?,16?,17-/m1/s1. The van der Waals surface area contributed by atoms with Crippen molar-refractivity contribution in [1.29, 1.82) is 10.5 Å². The zero-order chi connectivity index (χ0) is 14.9. The monoisotopic (exact) mass is 274 g/mol. The van der Waals surface area contributed by atoms with Crippen LogP contribution in [0.15, 0.2) is 42.2 Å². The van der Waals surface area contributed by atoms with E-state index in [9.17, 15) is 5.26 Å². The molecule has 2 aliphatic heterocycles. The largest absolute Gasteiger partial charge is 0.343 e. The molecule has 1 aromatic rings. The molecule has 0 spiro atoms. The molecule has 0 bridgehead atoms. The van der Waals surface area contributed by atoms with Crippen molar-refractivity contribution in [2.75, 3.05) is 11.9 Å². The number of benzene rings is 1. The average molecular weight is 274 g/mol.